The molecule has 0 aliphatic heterocycles. The van der Waals surface area contributed by atoms with Crippen LogP contribution >= 0.6 is 0 Å². The summed E-state index contributed by atoms with van der Waals surface area (Å²) < 4.78 is 11.1. The predicted octanol–water partition coefficient (Wildman–Crippen LogP) is 4.57. The van der Waals surface area contributed by atoms with Crippen molar-refractivity contribution in [2.24, 2.45) is 0 Å². The van der Waals surface area contributed by atoms with Gasteiger partial charge in [-0.15, -0.1) is 0 Å². The monoisotopic (exact) mass is 244 g/mol. The highest BCUT2D eigenvalue weighted by Crippen LogP contribution is 2.25. The van der Waals surface area contributed by atoms with Crippen molar-refractivity contribution < 1.29 is 9.47 Å². The highest BCUT2D eigenvalue weighted by atomic mass is 16.5. The number of unbranched alkanes of at least 4 members (excludes halogenated alkanes) is 4. The first kappa shape index (κ1) is 16.9. The maximum atomic E-state index is 6.03. The summed E-state index contributed by atoms with van der Waals surface area (Å²) in [4.78, 5) is 0. The summed E-state index contributed by atoms with van der Waals surface area (Å²) in [5.74, 6) is 0. The number of rotatable bonds is 12. The fraction of sp³-hybridized carbons (Fsp3) is 1.00. The molecule has 0 aromatic carbocycles. The highest BCUT2D eigenvalue weighted by Gasteiger charge is 2.23. The van der Waals surface area contributed by atoms with Gasteiger partial charge in [0.05, 0.1) is 18.8 Å². The molecule has 0 aromatic rings. The Labute approximate surface area is 108 Å². The van der Waals surface area contributed by atoms with E-state index in [0.717, 1.165) is 6.61 Å². The fourth-order valence-electron chi connectivity index (χ4n) is 2.12. The Balaban J connectivity index is 3.90. The molecule has 0 aromatic heterocycles. The van der Waals surface area contributed by atoms with Crippen LogP contribution in [-0.2, 0) is 9.47 Å². The average molecular weight is 244 g/mol. The third-order valence-electron chi connectivity index (χ3n) is 3.36. The molecule has 104 valence electrons. The van der Waals surface area contributed by atoms with Crippen molar-refractivity contribution in [3.8, 4) is 0 Å². The quantitative estimate of drug-likeness (QED) is 0.468. The number of hydrogen-bond acceptors (Lipinski definition) is 2. The maximum absolute atomic E-state index is 6.03. The van der Waals surface area contributed by atoms with E-state index in [4.69, 9.17) is 9.47 Å². The van der Waals surface area contributed by atoms with Crippen molar-refractivity contribution >= 4 is 0 Å². The zero-order valence-electron chi connectivity index (χ0n) is 12.4. The molecule has 17 heavy (non-hydrogen) atoms. The smallest absolute Gasteiger partial charge is 0.0707 e. The lowest BCUT2D eigenvalue weighted by atomic mass is 9.92. The molecule has 0 saturated heterocycles. The zero-order valence-corrected chi connectivity index (χ0v) is 12.4. The second kappa shape index (κ2) is 11.0. The molecular weight excluding hydrogens is 212 g/mol. The molecule has 1 unspecified atom stereocenters. The van der Waals surface area contributed by atoms with Gasteiger partial charge in [-0.25, -0.2) is 0 Å². The Hall–Kier alpha value is -0.0800. The van der Waals surface area contributed by atoms with Crippen LogP contribution in [0.3, 0.4) is 0 Å². The second-order valence-electron chi connectivity index (χ2n) is 5.21. The molecule has 0 amide bonds. The molecule has 0 rings (SSSR count). The third kappa shape index (κ3) is 9.61. The van der Waals surface area contributed by atoms with E-state index >= 15 is 0 Å². The molecule has 2 nitrogen and oxygen atoms in total. The molecule has 0 radical (unpaired) electrons. The summed E-state index contributed by atoms with van der Waals surface area (Å²) in [5.41, 5.74) is 0.0717. The average Bonchev–Trinajstić information content (AvgIpc) is 2.33. The Morgan fingerprint density at radius 3 is 2.06 bits per heavy atom. The van der Waals surface area contributed by atoms with Gasteiger partial charge in [-0.2, -0.15) is 0 Å². The lowest BCUT2D eigenvalue weighted by Crippen LogP contribution is -2.30. The van der Waals surface area contributed by atoms with Crippen molar-refractivity contribution in [3.63, 3.8) is 0 Å². The fourth-order valence-corrected chi connectivity index (χ4v) is 2.12. The Bertz CT molecular complexity index is 159. The lowest BCUT2D eigenvalue weighted by molar-refractivity contribution is -0.0634. The first-order chi connectivity index (χ1) is 8.18. The summed E-state index contributed by atoms with van der Waals surface area (Å²) in [7, 11) is 1.73. The van der Waals surface area contributed by atoms with E-state index in [1.54, 1.807) is 7.11 Å². The van der Waals surface area contributed by atoms with Crippen molar-refractivity contribution in [2.45, 2.75) is 77.7 Å². The standard InChI is InChI=1S/C15H32O2/c1-5-7-9-10-12-15(3,11-8-6-2)17-14-13-16-4/h5-14H2,1-4H3. The molecule has 0 bridgehead atoms. The van der Waals surface area contributed by atoms with Gasteiger partial charge >= 0.3 is 0 Å². The largest absolute Gasteiger partial charge is 0.382 e. The molecule has 0 heterocycles. The summed E-state index contributed by atoms with van der Waals surface area (Å²) in [6.07, 6.45) is 10.2. The zero-order chi connectivity index (χ0) is 13.0. The molecule has 0 aliphatic rings. The normalized spacial score (nSPS) is 14.8. The SMILES string of the molecule is CCCCCCC(C)(CCCC)OCCOC. The summed E-state index contributed by atoms with van der Waals surface area (Å²) in [6.45, 7) is 8.20. The van der Waals surface area contributed by atoms with Gasteiger partial charge in [0.1, 0.15) is 0 Å². The van der Waals surface area contributed by atoms with Crippen molar-refractivity contribution in [3.05, 3.63) is 0 Å². The maximum Gasteiger partial charge on any atom is 0.0707 e. The molecule has 0 aliphatic carbocycles. The van der Waals surface area contributed by atoms with Crippen LogP contribution in [0.1, 0.15) is 72.1 Å². The van der Waals surface area contributed by atoms with E-state index in [2.05, 4.69) is 20.8 Å². The van der Waals surface area contributed by atoms with Crippen LogP contribution in [0, 0.1) is 0 Å². The summed E-state index contributed by atoms with van der Waals surface area (Å²) in [6, 6.07) is 0. The topological polar surface area (TPSA) is 18.5 Å². The van der Waals surface area contributed by atoms with Crippen LogP contribution in [0.25, 0.3) is 0 Å². The van der Waals surface area contributed by atoms with E-state index in [0.29, 0.717) is 6.61 Å². The molecular formula is C15H32O2. The highest BCUT2D eigenvalue weighted by molar-refractivity contribution is 4.75. The van der Waals surface area contributed by atoms with Crippen molar-refractivity contribution in [2.75, 3.05) is 20.3 Å². The van der Waals surface area contributed by atoms with Gasteiger partial charge in [-0.05, 0) is 19.8 Å². The van der Waals surface area contributed by atoms with Crippen LogP contribution in [0.4, 0.5) is 0 Å². The summed E-state index contributed by atoms with van der Waals surface area (Å²) in [5, 5.41) is 0. The Morgan fingerprint density at radius 1 is 0.824 bits per heavy atom. The van der Waals surface area contributed by atoms with Crippen molar-refractivity contribution in [1.82, 2.24) is 0 Å². The van der Waals surface area contributed by atoms with Gasteiger partial charge in [0.15, 0.2) is 0 Å². The molecule has 0 N–H and O–H groups in total. The Kier molecular flexibility index (Phi) is 11.0. The number of methoxy groups -OCH3 is 1. The van der Waals surface area contributed by atoms with Crippen LogP contribution in [0.2, 0.25) is 0 Å². The van der Waals surface area contributed by atoms with E-state index in [-0.39, 0.29) is 5.60 Å². The van der Waals surface area contributed by atoms with E-state index in [1.165, 1.54) is 51.4 Å². The van der Waals surface area contributed by atoms with Crippen LogP contribution < -0.4 is 0 Å². The van der Waals surface area contributed by atoms with Crippen LogP contribution in [0.5, 0.6) is 0 Å². The first-order valence-electron chi connectivity index (χ1n) is 7.31. The van der Waals surface area contributed by atoms with Gasteiger partial charge in [0.25, 0.3) is 0 Å². The first-order valence-corrected chi connectivity index (χ1v) is 7.31. The molecule has 2 heteroatoms. The number of ether oxygens (including phenoxy) is 2. The van der Waals surface area contributed by atoms with E-state index in [9.17, 15) is 0 Å². The van der Waals surface area contributed by atoms with Gasteiger partial charge in [-0.3, -0.25) is 0 Å². The lowest BCUT2D eigenvalue weighted by Gasteiger charge is -2.30. The van der Waals surface area contributed by atoms with Gasteiger partial charge in [0.2, 0.25) is 0 Å². The van der Waals surface area contributed by atoms with Gasteiger partial charge in [0, 0.05) is 7.11 Å². The van der Waals surface area contributed by atoms with Crippen LogP contribution in [-0.4, -0.2) is 25.9 Å². The number of hydrogen-bond donors (Lipinski definition) is 0. The third-order valence-corrected chi connectivity index (χ3v) is 3.36. The summed E-state index contributed by atoms with van der Waals surface area (Å²) >= 11 is 0. The minimum absolute atomic E-state index is 0.0717. The van der Waals surface area contributed by atoms with Crippen molar-refractivity contribution in [1.29, 1.82) is 0 Å². The molecule has 0 spiro atoms. The van der Waals surface area contributed by atoms with Gasteiger partial charge in [-0.1, -0.05) is 52.4 Å². The van der Waals surface area contributed by atoms with Gasteiger partial charge < -0.3 is 9.47 Å². The predicted molar refractivity (Wildman–Crippen MR) is 74.5 cm³/mol. The minimum atomic E-state index is 0.0717. The molecule has 0 fully saturated rings. The molecule has 0 saturated carbocycles. The van der Waals surface area contributed by atoms with Crippen LogP contribution in [0.15, 0.2) is 0 Å². The van der Waals surface area contributed by atoms with E-state index in [1.807, 2.05) is 0 Å². The van der Waals surface area contributed by atoms with E-state index < -0.39 is 0 Å². The second-order valence-corrected chi connectivity index (χ2v) is 5.21. The molecule has 1 atom stereocenters. The minimum Gasteiger partial charge on any atom is -0.382 e. The Morgan fingerprint density at radius 2 is 1.47 bits per heavy atom.